The van der Waals surface area contributed by atoms with Gasteiger partial charge in [-0.25, -0.2) is 8.42 Å². The summed E-state index contributed by atoms with van der Waals surface area (Å²) in [5.41, 5.74) is 2.65. The number of aryl methyl sites for hydroxylation is 1. The first kappa shape index (κ1) is 22.0. The predicted octanol–water partition coefficient (Wildman–Crippen LogP) is 6.16. The van der Waals surface area contributed by atoms with Crippen molar-refractivity contribution >= 4 is 38.9 Å². The highest BCUT2D eigenvalue weighted by Crippen LogP contribution is 2.31. The molecule has 3 rings (SSSR count). The van der Waals surface area contributed by atoms with Crippen molar-refractivity contribution in [1.29, 1.82) is 5.26 Å². The molecule has 0 bridgehead atoms. The lowest BCUT2D eigenvalue weighted by atomic mass is 10.2. The lowest BCUT2D eigenvalue weighted by Gasteiger charge is -2.14. The number of rotatable bonds is 7. The maximum atomic E-state index is 13.2. The Bertz CT molecular complexity index is 1220. The summed E-state index contributed by atoms with van der Waals surface area (Å²) < 4.78 is 26.3. The molecule has 30 heavy (non-hydrogen) atoms. The molecular weight excluding hydrogens is 436 g/mol. The Morgan fingerprint density at radius 3 is 2.43 bits per heavy atom. The fourth-order valence-corrected chi connectivity index (χ4v) is 5.49. The van der Waals surface area contributed by atoms with Gasteiger partial charge in [-0.3, -0.25) is 0 Å². The maximum absolute atomic E-state index is 13.2. The van der Waals surface area contributed by atoms with Crippen molar-refractivity contribution in [3.8, 4) is 6.07 Å². The molecule has 0 saturated heterocycles. The molecule has 0 spiro atoms. The molecule has 0 saturated carbocycles. The molecule has 0 aliphatic carbocycles. The molecule has 0 fully saturated rings. The van der Waals surface area contributed by atoms with Gasteiger partial charge in [0, 0.05) is 16.5 Å². The van der Waals surface area contributed by atoms with E-state index in [1.165, 1.54) is 23.9 Å². The molecule has 1 N–H and O–H groups in total. The summed E-state index contributed by atoms with van der Waals surface area (Å²) in [5, 5.41) is 13.8. The van der Waals surface area contributed by atoms with Crippen LogP contribution in [-0.4, -0.2) is 8.42 Å². The fourth-order valence-electron chi connectivity index (χ4n) is 2.74. The van der Waals surface area contributed by atoms with E-state index in [9.17, 15) is 13.7 Å². The molecule has 152 valence electrons. The second kappa shape index (κ2) is 9.86. The number of hydrogen-bond acceptors (Lipinski definition) is 5. The van der Waals surface area contributed by atoms with Crippen LogP contribution in [0.5, 0.6) is 0 Å². The van der Waals surface area contributed by atoms with Crippen molar-refractivity contribution in [1.82, 2.24) is 0 Å². The number of nitrogens with one attached hydrogen (secondary N) is 1. The van der Waals surface area contributed by atoms with Crippen LogP contribution in [0.2, 0.25) is 5.02 Å². The highest BCUT2D eigenvalue weighted by Gasteiger charge is 2.25. The molecule has 0 aromatic heterocycles. The summed E-state index contributed by atoms with van der Waals surface area (Å²) in [6, 6.07) is 24.7. The number of nitrogens with zero attached hydrogens (tertiary/aromatic N) is 1. The molecule has 0 amide bonds. The van der Waals surface area contributed by atoms with Crippen molar-refractivity contribution in [2.24, 2.45) is 0 Å². The van der Waals surface area contributed by atoms with Gasteiger partial charge in [-0.15, -0.1) is 11.8 Å². The quantitative estimate of drug-likeness (QED) is 0.433. The van der Waals surface area contributed by atoms with E-state index in [1.807, 2.05) is 55.5 Å². The fraction of sp³-hybridized carbons (Fsp3) is 0.0870. The van der Waals surface area contributed by atoms with Crippen LogP contribution in [0.15, 0.2) is 93.7 Å². The van der Waals surface area contributed by atoms with Crippen molar-refractivity contribution in [3.05, 3.63) is 105 Å². The zero-order valence-corrected chi connectivity index (χ0v) is 18.6. The standard InChI is InChI=1S/C23H19ClN2O2S2/c1-17-7-5-10-20(13-17)26-23(29-16-18-8-6-9-19(24)14-18)22(15-25)30(27,28)21-11-3-2-4-12-21/h2-14,26H,16H2,1H3. The maximum Gasteiger partial charge on any atom is 0.219 e. The number of thioether (sulfide) groups is 1. The Morgan fingerprint density at radius 1 is 1.03 bits per heavy atom. The first-order valence-corrected chi connectivity index (χ1v) is 11.9. The van der Waals surface area contributed by atoms with Crippen LogP contribution in [-0.2, 0) is 15.6 Å². The lowest BCUT2D eigenvalue weighted by Crippen LogP contribution is -2.10. The Balaban J connectivity index is 2.04. The molecule has 4 nitrogen and oxygen atoms in total. The van der Waals surface area contributed by atoms with E-state index in [2.05, 4.69) is 5.32 Å². The van der Waals surface area contributed by atoms with Gasteiger partial charge >= 0.3 is 0 Å². The lowest BCUT2D eigenvalue weighted by molar-refractivity contribution is 0.603. The minimum atomic E-state index is -3.98. The van der Waals surface area contributed by atoms with Gasteiger partial charge in [-0.1, -0.05) is 54.1 Å². The van der Waals surface area contributed by atoms with Crippen molar-refractivity contribution < 1.29 is 8.42 Å². The van der Waals surface area contributed by atoms with Gasteiger partial charge in [0.2, 0.25) is 9.84 Å². The van der Waals surface area contributed by atoms with E-state index in [0.717, 1.165) is 11.1 Å². The molecule has 0 atom stereocenters. The zero-order valence-electron chi connectivity index (χ0n) is 16.2. The number of anilines is 1. The zero-order chi connectivity index (χ0) is 21.6. The van der Waals surface area contributed by atoms with Gasteiger partial charge < -0.3 is 5.32 Å². The van der Waals surface area contributed by atoms with Crippen LogP contribution in [0.25, 0.3) is 0 Å². The average molecular weight is 455 g/mol. The van der Waals surface area contributed by atoms with Crippen LogP contribution in [0, 0.1) is 18.3 Å². The number of allylic oxidation sites excluding steroid dienone is 1. The summed E-state index contributed by atoms with van der Waals surface area (Å²) in [7, 11) is -3.98. The third kappa shape index (κ3) is 5.45. The topological polar surface area (TPSA) is 70.0 Å². The molecular formula is C23H19ClN2O2S2. The van der Waals surface area contributed by atoms with E-state index in [4.69, 9.17) is 11.6 Å². The number of benzene rings is 3. The van der Waals surface area contributed by atoms with Crippen LogP contribution in [0.1, 0.15) is 11.1 Å². The molecule has 0 heterocycles. The highest BCUT2D eigenvalue weighted by molar-refractivity contribution is 8.04. The molecule has 7 heteroatoms. The molecule has 0 unspecified atom stereocenters. The summed E-state index contributed by atoms with van der Waals surface area (Å²) in [5.74, 6) is 0.449. The third-order valence-corrected chi connectivity index (χ3v) is 7.34. The Labute approximate surface area is 186 Å². The van der Waals surface area contributed by atoms with E-state index in [1.54, 1.807) is 24.3 Å². The monoisotopic (exact) mass is 454 g/mol. The number of nitriles is 1. The van der Waals surface area contributed by atoms with Crippen molar-refractivity contribution in [3.63, 3.8) is 0 Å². The Morgan fingerprint density at radius 2 is 1.77 bits per heavy atom. The predicted molar refractivity (Wildman–Crippen MR) is 124 cm³/mol. The summed E-state index contributed by atoms with van der Waals surface area (Å²) in [4.78, 5) is -0.240. The largest absolute Gasteiger partial charge is 0.349 e. The van der Waals surface area contributed by atoms with Gasteiger partial charge in [0.15, 0.2) is 4.91 Å². The van der Waals surface area contributed by atoms with Gasteiger partial charge in [0.25, 0.3) is 0 Å². The summed E-state index contributed by atoms with van der Waals surface area (Å²) >= 11 is 7.31. The second-order valence-corrected chi connectivity index (χ2v) is 9.81. The van der Waals surface area contributed by atoms with Crippen LogP contribution in [0.3, 0.4) is 0 Å². The van der Waals surface area contributed by atoms with Gasteiger partial charge in [-0.05, 0) is 54.4 Å². The molecule has 0 radical (unpaired) electrons. The SMILES string of the molecule is Cc1cccc(NC(SCc2cccc(Cl)c2)=C(C#N)S(=O)(=O)c2ccccc2)c1. The second-order valence-electron chi connectivity index (χ2n) is 6.50. The van der Waals surface area contributed by atoms with Gasteiger partial charge in [-0.2, -0.15) is 5.26 Å². The van der Waals surface area contributed by atoms with Crippen molar-refractivity contribution in [2.45, 2.75) is 17.6 Å². The van der Waals surface area contributed by atoms with Crippen LogP contribution in [0.4, 0.5) is 5.69 Å². The first-order valence-electron chi connectivity index (χ1n) is 9.05. The molecule has 3 aromatic rings. The summed E-state index contributed by atoms with van der Waals surface area (Å²) in [6.45, 7) is 1.94. The molecule has 0 aliphatic rings. The van der Waals surface area contributed by atoms with Crippen molar-refractivity contribution in [2.75, 3.05) is 5.32 Å². The van der Waals surface area contributed by atoms with Gasteiger partial charge in [0.05, 0.1) is 4.90 Å². The minimum absolute atomic E-state index is 0.0773. The summed E-state index contributed by atoms with van der Waals surface area (Å²) in [6.07, 6.45) is 0. The molecule has 0 aliphatic heterocycles. The van der Waals surface area contributed by atoms with E-state index in [-0.39, 0.29) is 14.8 Å². The minimum Gasteiger partial charge on any atom is -0.349 e. The highest BCUT2D eigenvalue weighted by atomic mass is 35.5. The van der Waals surface area contributed by atoms with Crippen LogP contribution >= 0.6 is 23.4 Å². The first-order chi connectivity index (χ1) is 14.4. The Hall–Kier alpha value is -2.72. The molecule has 3 aromatic carbocycles. The van der Waals surface area contributed by atoms with E-state index >= 15 is 0 Å². The number of sulfone groups is 1. The van der Waals surface area contributed by atoms with Gasteiger partial charge in [0.1, 0.15) is 11.1 Å². The normalized spacial score (nSPS) is 12.0. The van der Waals surface area contributed by atoms with E-state index < -0.39 is 9.84 Å². The number of halogens is 1. The average Bonchev–Trinajstić information content (AvgIpc) is 2.73. The van der Waals surface area contributed by atoms with Crippen LogP contribution < -0.4 is 5.32 Å². The third-order valence-electron chi connectivity index (χ3n) is 4.18. The van der Waals surface area contributed by atoms with E-state index in [0.29, 0.717) is 16.5 Å². The smallest absolute Gasteiger partial charge is 0.219 e. The Kier molecular flexibility index (Phi) is 7.22. The number of hydrogen-bond donors (Lipinski definition) is 1.